The van der Waals surface area contributed by atoms with E-state index >= 15 is 0 Å². The highest BCUT2D eigenvalue weighted by Crippen LogP contribution is 2.28. The molecule has 29 heavy (non-hydrogen) atoms. The Balaban J connectivity index is 2.73. The van der Waals surface area contributed by atoms with E-state index in [4.69, 9.17) is 11.6 Å². The Morgan fingerprint density at radius 1 is 0.966 bits per heavy atom. The predicted molar refractivity (Wildman–Crippen MR) is 99.7 cm³/mol. The third-order valence-electron chi connectivity index (χ3n) is 3.66. The minimum Gasteiger partial charge on any atom is -0.478 e. The summed E-state index contributed by atoms with van der Waals surface area (Å²) in [6.45, 7) is 0. The molecule has 0 bridgehead atoms. The highest BCUT2D eigenvalue weighted by atomic mass is 35.5. The third-order valence-corrected chi connectivity index (χ3v) is 5.04. The Hall–Kier alpha value is -2.85. The Morgan fingerprint density at radius 2 is 1.45 bits per heavy atom. The van der Waals surface area contributed by atoms with Gasteiger partial charge in [-0.3, -0.25) is 4.79 Å². The van der Waals surface area contributed by atoms with Gasteiger partial charge in [0.2, 0.25) is 0 Å². The number of sulfone groups is 1. The number of halogens is 4. The third kappa shape index (κ3) is 5.58. The van der Waals surface area contributed by atoms with E-state index in [1.54, 1.807) is 5.32 Å². The minimum absolute atomic E-state index is 0.0217. The van der Waals surface area contributed by atoms with Crippen LogP contribution in [-0.2, 0) is 19.4 Å². The summed E-state index contributed by atoms with van der Waals surface area (Å²) >= 11 is 5.76. The average Bonchev–Trinajstić information content (AvgIpc) is 2.61. The number of nitrogens with one attached hydrogen (secondary N) is 1. The number of rotatable bonds is 5. The summed E-state index contributed by atoms with van der Waals surface area (Å²) in [7, 11) is -3.60. The zero-order valence-corrected chi connectivity index (χ0v) is 16.2. The number of carboxylic acid groups (broad SMARTS) is 1. The summed E-state index contributed by atoms with van der Waals surface area (Å²) in [5.74, 6) is -4.00. The van der Waals surface area contributed by atoms with Gasteiger partial charge < -0.3 is 10.4 Å². The number of carbonyl (C=O) groups is 2. The lowest BCUT2D eigenvalue weighted by molar-refractivity contribution is -0.172. The second kappa shape index (κ2) is 8.26. The summed E-state index contributed by atoms with van der Waals surface area (Å²) in [6.07, 6.45) is -4.35. The Morgan fingerprint density at radius 3 is 1.86 bits per heavy atom. The predicted octanol–water partition coefficient (Wildman–Crippen LogP) is 3.37. The lowest BCUT2D eigenvalue weighted by atomic mass is 9.99. The van der Waals surface area contributed by atoms with Crippen LogP contribution in [0.5, 0.6) is 0 Å². The van der Waals surface area contributed by atoms with Crippen LogP contribution in [-0.4, -0.2) is 37.8 Å². The van der Waals surface area contributed by atoms with Gasteiger partial charge in [0.05, 0.1) is 16.2 Å². The molecule has 2 N–H and O–H groups in total. The SMILES string of the molecule is CS(=O)(=O)c1ccc(C(NC(=O)C(F)(F)F)=C(C(=O)O)c2ccc(Cl)cc2)cc1. The van der Waals surface area contributed by atoms with E-state index in [1.165, 1.54) is 24.3 Å². The zero-order chi connectivity index (χ0) is 22.0. The first kappa shape index (κ1) is 22.4. The van der Waals surface area contributed by atoms with Crippen LogP contribution >= 0.6 is 11.6 Å². The summed E-state index contributed by atoms with van der Waals surface area (Å²) < 4.78 is 61.5. The van der Waals surface area contributed by atoms with Crippen LogP contribution in [0.1, 0.15) is 11.1 Å². The van der Waals surface area contributed by atoms with E-state index in [2.05, 4.69) is 0 Å². The second-order valence-corrected chi connectivity index (χ2v) is 8.26. The number of hydrogen-bond acceptors (Lipinski definition) is 4. The summed E-state index contributed by atoms with van der Waals surface area (Å²) in [5.41, 5.74) is -1.44. The number of hydrogen-bond donors (Lipinski definition) is 2. The van der Waals surface area contributed by atoms with Gasteiger partial charge in [-0.1, -0.05) is 35.9 Å². The molecule has 0 aliphatic carbocycles. The molecule has 0 fully saturated rings. The van der Waals surface area contributed by atoms with Crippen molar-refractivity contribution >= 4 is 44.6 Å². The molecule has 6 nitrogen and oxygen atoms in total. The molecule has 2 aromatic carbocycles. The molecule has 0 radical (unpaired) electrons. The summed E-state index contributed by atoms with van der Waals surface area (Å²) in [5, 5.41) is 11.4. The molecule has 0 atom stereocenters. The van der Waals surface area contributed by atoms with Crippen molar-refractivity contribution in [1.82, 2.24) is 5.32 Å². The van der Waals surface area contributed by atoms with Crippen molar-refractivity contribution < 1.29 is 36.3 Å². The maximum atomic E-state index is 12.8. The van der Waals surface area contributed by atoms with Gasteiger partial charge in [0.15, 0.2) is 9.84 Å². The van der Waals surface area contributed by atoms with Crippen molar-refractivity contribution in [3.63, 3.8) is 0 Å². The van der Waals surface area contributed by atoms with Crippen LogP contribution < -0.4 is 5.32 Å². The van der Waals surface area contributed by atoms with Crippen molar-refractivity contribution in [2.45, 2.75) is 11.1 Å². The zero-order valence-electron chi connectivity index (χ0n) is 14.6. The molecule has 154 valence electrons. The van der Waals surface area contributed by atoms with Crippen LogP contribution in [0.4, 0.5) is 13.2 Å². The molecule has 0 aromatic heterocycles. The fraction of sp³-hybridized carbons (Fsp3) is 0.111. The normalized spacial score (nSPS) is 12.9. The van der Waals surface area contributed by atoms with E-state index in [0.29, 0.717) is 0 Å². The van der Waals surface area contributed by atoms with E-state index in [0.717, 1.165) is 30.5 Å². The van der Waals surface area contributed by atoms with Crippen LogP contribution in [0, 0.1) is 0 Å². The van der Waals surface area contributed by atoms with Gasteiger partial charge in [0.25, 0.3) is 0 Å². The van der Waals surface area contributed by atoms with Gasteiger partial charge in [-0.05, 0) is 35.4 Å². The first-order valence-corrected chi connectivity index (χ1v) is 10.00. The van der Waals surface area contributed by atoms with Crippen LogP contribution in [0.2, 0.25) is 5.02 Å². The molecule has 1 amide bonds. The van der Waals surface area contributed by atoms with Gasteiger partial charge >= 0.3 is 18.1 Å². The minimum atomic E-state index is -5.28. The Kier molecular flexibility index (Phi) is 6.39. The Bertz CT molecular complexity index is 1080. The maximum absolute atomic E-state index is 12.8. The van der Waals surface area contributed by atoms with Crippen LogP contribution in [0.25, 0.3) is 11.3 Å². The monoisotopic (exact) mass is 447 g/mol. The van der Waals surface area contributed by atoms with Crippen molar-refractivity contribution in [1.29, 1.82) is 0 Å². The standard InChI is InChI=1S/C18H13ClF3NO5S/c1-29(27,28)13-8-4-11(5-9-13)15(23-17(26)18(20,21)22)14(16(24)25)10-2-6-12(19)7-3-10/h2-9H,1H3,(H,23,26)(H,24,25). The van der Waals surface area contributed by atoms with Crippen molar-refractivity contribution in [2.24, 2.45) is 0 Å². The molecule has 0 aliphatic rings. The first-order chi connectivity index (χ1) is 13.3. The van der Waals surface area contributed by atoms with E-state index < -0.39 is 39.2 Å². The molecule has 0 saturated heterocycles. The van der Waals surface area contributed by atoms with Crippen molar-refractivity contribution in [2.75, 3.05) is 6.26 Å². The topological polar surface area (TPSA) is 101 Å². The van der Waals surface area contributed by atoms with E-state index in [1.807, 2.05) is 0 Å². The highest BCUT2D eigenvalue weighted by molar-refractivity contribution is 7.90. The van der Waals surface area contributed by atoms with Crippen molar-refractivity contribution in [3.8, 4) is 0 Å². The fourth-order valence-electron chi connectivity index (χ4n) is 2.32. The van der Waals surface area contributed by atoms with Gasteiger partial charge in [0.1, 0.15) is 0 Å². The number of alkyl halides is 3. The molecule has 2 rings (SSSR count). The molecule has 0 spiro atoms. The molecular weight excluding hydrogens is 435 g/mol. The molecule has 0 saturated carbocycles. The van der Waals surface area contributed by atoms with E-state index in [-0.39, 0.29) is 21.0 Å². The van der Waals surface area contributed by atoms with Gasteiger partial charge in [0, 0.05) is 11.3 Å². The van der Waals surface area contributed by atoms with Crippen LogP contribution in [0.3, 0.4) is 0 Å². The molecule has 11 heteroatoms. The summed E-state index contributed by atoms with van der Waals surface area (Å²) in [6, 6.07) is 9.55. The molecule has 0 unspecified atom stereocenters. The molecular formula is C18H13ClF3NO5S. The lowest BCUT2D eigenvalue weighted by Crippen LogP contribution is -2.36. The average molecular weight is 448 g/mol. The number of amides is 1. The highest BCUT2D eigenvalue weighted by Gasteiger charge is 2.40. The molecule has 0 aliphatic heterocycles. The van der Waals surface area contributed by atoms with Gasteiger partial charge in [-0.15, -0.1) is 0 Å². The number of carbonyl (C=O) groups excluding carboxylic acids is 1. The molecule has 2 aromatic rings. The van der Waals surface area contributed by atoms with Crippen LogP contribution in [0.15, 0.2) is 53.4 Å². The summed E-state index contributed by atoms with van der Waals surface area (Å²) in [4.78, 5) is 23.2. The first-order valence-electron chi connectivity index (χ1n) is 7.73. The van der Waals surface area contributed by atoms with Gasteiger partial charge in [-0.25, -0.2) is 13.2 Å². The maximum Gasteiger partial charge on any atom is 0.471 e. The quantitative estimate of drug-likeness (QED) is 0.540. The van der Waals surface area contributed by atoms with Gasteiger partial charge in [-0.2, -0.15) is 13.2 Å². The fourth-order valence-corrected chi connectivity index (χ4v) is 3.08. The lowest BCUT2D eigenvalue weighted by Gasteiger charge is -2.16. The number of carboxylic acids is 1. The number of benzene rings is 2. The smallest absolute Gasteiger partial charge is 0.471 e. The van der Waals surface area contributed by atoms with Crippen molar-refractivity contribution in [3.05, 3.63) is 64.7 Å². The van der Waals surface area contributed by atoms with E-state index in [9.17, 15) is 36.3 Å². The largest absolute Gasteiger partial charge is 0.478 e. The molecule has 0 heterocycles. The second-order valence-electron chi connectivity index (χ2n) is 5.81. The Labute approximate surface area is 168 Å². The number of aliphatic carboxylic acids is 1.